The van der Waals surface area contributed by atoms with Gasteiger partial charge in [-0.2, -0.15) is 0 Å². The van der Waals surface area contributed by atoms with Crippen molar-refractivity contribution in [2.24, 2.45) is 0 Å². The minimum atomic E-state index is -0.446. The molecule has 0 aromatic heterocycles. The van der Waals surface area contributed by atoms with Gasteiger partial charge in [0.05, 0.1) is 18.3 Å². The van der Waals surface area contributed by atoms with Gasteiger partial charge >= 0.3 is 43.7 Å². The number of rotatable bonds is 4. The molecule has 3 aromatic rings. The summed E-state index contributed by atoms with van der Waals surface area (Å²) in [6.45, 7) is 24.0. The zero-order chi connectivity index (χ0) is 78.1. The molecule has 3 aromatic carbocycles. The first-order chi connectivity index (χ1) is 49.8. The van der Waals surface area contributed by atoms with Crippen LogP contribution in [0.4, 0.5) is 0 Å². The maximum absolute atomic E-state index is 9.20. The average molecular weight is 2170 g/mol. The molecule has 6 atom stereocenters. The Balaban J connectivity index is -0.000000103. The van der Waals surface area contributed by atoms with Crippen LogP contribution in [0.1, 0.15) is 179 Å². The number of benzene rings is 3. The Hall–Kier alpha value is -0.949. The Kier molecular flexibility index (Phi) is 125. The molecule has 105 heavy (non-hydrogen) atoms. The largest absolute Gasteiger partial charge is 0.0622 e. The smallest absolute Gasteiger partial charge is 0 e. The van der Waals surface area contributed by atoms with Gasteiger partial charge in [0.25, 0.3) is 0 Å². The van der Waals surface area contributed by atoms with E-state index in [1.165, 1.54) is 84.5 Å². The van der Waals surface area contributed by atoms with Crippen LogP contribution in [0.2, 0.25) is 0 Å². The SMILES string of the molecule is C1=CCC=C1.C1=CCC=C1.C1=CCC=C1.C1=CCC=C1.C1=CCC=C1.C1=CCC=C1.CC.CC.CC.CC.CC.CC.CI.CI.CI.CN1C2CC(O)CC1C2.CN1C2CC(O)CC1C2.CO.COC1CC2CC(C1)N2C.[CH3-].[CH3-].[O]=[Rh].[O]=[Rh].[Pd].[Pd].c1ccc(P(c2ccccc2)c2ccccc2)cc1. The fourth-order valence-corrected chi connectivity index (χ4v) is 13.2. The molecular formula is C88H147I3N3O6PPd2Rh2-2. The molecule has 17 heteroatoms. The second-order valence-corrected chi connectivity index (χ2v) is 23.3. The van der Waals surface area contributed by atoms with Crippen LogP contribution in [0.5, 0.6) is 0 Å². The summed E-state index contributed by atoms with van der Waals surface area (Å²) >= 11 is 9.05. The van der Waals surface area contributed by atoms with Crippen LogP contribution in [0, 0.1) is 14.9 Å². The van der Waals surface area contributed by atoms with Crippen LogP contribution >= 0.6 is 75.7 Å². The van der Waals surface area contributed by atoms with Crippen molar-refractivity contribution in [2.75, 3.05) is 50.2 Å². The van der Waals surface area contributed by atoms with E-state index in [1.54, 1.807) is 0 Å². The second-order valence-electron chi connectivity index (χ2n) is 21.1. The molecule has 9 aliphatic carbocycles. The molecular weight excluding hydrogens is 2030 g/mol. The van der Waals surface area contributed by atoms with Crippen LogP contribution in [0.15, 0.2) is 237 Å². The first kappa shape index (κ1) is 128. The number of ether oxygens (including phenoxy) is 1. The topological polar surface area (TPSA) is 114 Å². The van der Waals surface area contributed by atoms with Crippen molar-refractivity contribution in [1.82, 2.24) is 14.7 Å². The molecule has 6 bridgehead atoms. The maximum atomic E-state index is 9.20. The number of alkyl halides is 3. The van der Waals surface area contributed by atoms with E-state index in [2.05, 4.69) is 340 Å². The van der Waals surface area contributed by atoms with E-state index in [-0.39, 0.29) is 67.9 Å². The van der Waals surface area contributed by atoms with E-state index in [0.29, 0.717) is 30.3 Å². The predicted molar refractivity (Wildman–Crippen MR) is 483 cm³/mol. The summed E-state index contributed by atoms with van der Waals surface area (Å²) < 4.78 is 21.6. The number of halogens is 3. The van der Waals surface area contributed by atoms with Crippen molar-refractivity contribution in [2.45, 2.75) is 234 Å². The molecule has 6 heterocycles. The van der Waals surface area contributed by atoms with Crippen molar-refractivity contribution in [3.63, 3.8) is 0 Å². The molecule has 9 nitrogen and oxygen atoms in total. The van der Waals surface area contributed by atoms with E-state index >= 15 is 0 Å². The van der Waals surface area contributed by atoms with Gasteiger partial charge in [0.2, 0.25) is 0 Å². The molecule has 15 aliphatic rings. The van der Waals surface area contributed by atoms with Gasteiger partial charge < -0.3 is 49.6 Å². The van der Waals surface area contributed by atoms with Gasteiger partial charge in [-0.25, -0.2) is 0 Å². The summed E-state index contributed by atoms with van der Waals surface area (Å²) in [5.74, 6) is 0. The van der Waals surface area contributed by atoms with Gasteiger partial charge in [-0.15, -0.1) is 0 Å². The molecule has 6 unspecified atom stereocenters. The number of allylic oxidation sites excluding steroid dienone is 24. The van der Waals surface area contributed by atoms with E-state index in [1.807, 2.05) is 105 Å². The fraction of sp³-hybridized carbons (Fsp3) is 0.500. The molecule has 0 radical (unpaired) electrons. The van der Waals surface area contributed by atoms with Crippen molar-refractivity contribution in [3.8, 4) is 0 Å². The van der Waals surface area contributed by atoms with E-state index in [4.69, 9.17) is 17.0 Å². The van der Waals surface area contributed by atoms with Crippen LogP contribution in [0.3, 0.4) is 0 Å². The van der Waals surface area contributed by atoms with Gasteiger partial charge in [0.15, 0.2) is 0 Å². The van der Waals surface area contributed by atoms with Gasteiger partial charge in [-0.1, -0.05) is 388 Å². The van der Waals surface area contributed by atoms with Crippen molar-refractivity contribution in [3.05, 3.63) is 252 Å². The average Bonchev–Trinajstić information content (AvgIpc) is 1.05. The number of methoxy groups -OCH3 is 1. The molecule has 3 saturated carbocycles. The number of nitrogens with zero attached hydrogens (tertiary/aromatic N) is 3. The molecule has 18 rings (SSSR count). The third kappa shape index (κ3) is 65.2. The molecule has 6 aliphatic heterocycles. The number of piperidine rings is 3. The summed E-state index contributed by atoms with van der Waals surface area (Å²) in [6.07, 6.45) is 68.2. The Morgan fingerprint density at radius 3 is 0.590 bits per heavy atom. The normalized spacial score (nSPS) is 20.8. The van der Waals surface area contributed by atoms with E-state index < -0.39 is 7.92 Å². The summed E-state index contributed by atoms with van der Waals surface area (Å²) in [5, 5.41) is 29.6. The zero-order valence-electron chi connectivity index (χ0n) is 68.6. The van der Waals surface area contributed by atoms with E-state index in [0.717, 1.165) is 83.4 Å². The minimum absolute atomic E-state index is 0. The number of hydrogen-bond donors (Lipinski definition) is 3. The van der Waals surface area contributed by atoms with Crippen molar-refractivity contribution >= 4 is 91.6 Å². The molecule has 616 valence electrons. The van der Waals surface area contributed by atoms with Crippen LogP contribution in [0.25, 0.3) is 0 Å². The van der Waals surface area contributed by atoms with Gasteiger partial charge in [-0.3, -0.25) is 0 Å². The maximum Gasteiger partial charge on any atom is 0 e. The van der Waals surface area contributed by atoms with Gasteiger partial charge in [-0.05, 0) is 156 Å². The van der Waals surface area contributed by atoms with Crippen LogP contribution in [-0.2, 0) is 89.2 Å². The summed E-state index contributed by atoms with van der Waals surface area (Å²) in [7, 11) is 8.92. The van der Waals surface area contributed by atoms with Gasteiger partial charge in [0.1, 0.15) is 0 Å². The minimum Gasteiger partial charge on any atom is -0.0622 e. The molecule has 9 fully saturated rings. The van der Waals surface area contributed by atoms with Gasteiger partial charge in [0, 0.05) is 91.3 Å². The summed E-state index contributed by atoms with van der Waals surface area (Å²) in [5.41, 5.74) is 0. The van der Waals surface area contributed by atoms with E-state index in [9.17, 15) is 10.2 Å². The first-order valence-corrected chi connectivity index (χ1v) is 45.7. The summed E-state index contributed by atoms with van der Waals surface area (Å²) in [6, 6.07) is 36.8. The quantitative estimate of drug-likeness (QED) is 0.0773. The number of hydrogen-bond acceptors (Lipinski definition) is 9. The number of fused-ring (bicyclic) bond motifs is 6. The Morgan fingerprint density at radius 2 is 0.476 bits per heavy atom. The Labute approximate surface area is 738 Å². The zero-order valence-corrected chi connectivity index (χ0v) is 82.4. The van der Waals surface area contributed by atoms with Crippen LogP contribution in [-0.4, -0.2) is 135 Å². The molecule has 0 amide bonds. The fourth-order valence-electron chi connectivity index (χ4n) is 10.9. The van der Waals surface area contributed by atoms with Crippen molar-refractivity contribution < 1.29 is 105 Å². The summed E-state index contributed by atoms with van der Waals surface area (Å²) in [4.78, 5) is 13.2. The standard InChI is InChI=1S/C18H15P.C8H15NO.2C7H13NO.6C5H6.6C2H6.3CH3I.CH4O.2CH3.2O.2Pd.2Rh/c1-4-10-16(11-5-1)19(17-12-6-2-7-13-17)18-14-8-3-9-15-18;1-9-6-3-7(9)5-8(4-6)10-2;2*1-8-5-2-6(8)4-7(9)3-5;6*1-2-4-5-3-1;10*1-2;;;;;;;;/h1-15H;6-8H,3-5H2,1-2H3;2*5-7,9H,2-4H2,1H3;6*1-4H,5H2;6*1-2H3;3*1H3;2H,1H3;2*1H3;;;;;;/q;;;;;;;;;;;;;;;;;;;;2*-1;;;;;;. The monoisotopic (exact) mass is 2170 g/mol. The number of aliphatic hydroxyl groups is 3. The second kappa shape index (κ2) is 103. The first-order valence-electron chi connectivity index (χ1n) is 36.6. The Morgan fingerprint density at radius 1 is 0.324 bits per heavy atom. The number of aliphatic hydroxyl groups excluding tert-OH is 3. The third-order valence-corrected chi connectivity index (χ3v) is 18.1. The van der Waals surface area contributed by atoms with Crippen molar-refractivity contribution in [1.29, 1.82) is 0 Å². The van der Waals surface area contributed by atoms with Crippen LogP contribution < -0.4 is 15.9 Å². The molecule has 6 saturated heterocycles. The molecule has 3 N–H and O–H groups in total. The third-order valence-electron chi connectivity index (χ3n) is 15.6. The Bertz CT molecular complexity index is 2160. The molecule has 0 spiro atoms. The predicted octanol–water partition coefficient (Wildman–Crippen LogP) is 23.3.